The van der Waals surface area contributed by atoms with E-state index < -0.39 is 0 Å². The fraction of sp³-hybridized carbons (Fsp3) is 0.133. The molecule has 1 N–H and O–H groups in total. The van der Waals surface area contributed by atoms with Gasteiger partial charge in [-0.1, -0.05) is 35.3 Å². The predicted molar refractivity (Wildman–Crippen MR) is 87.7 cm³/mol. The van der Waals surface area contributed by atoms with Gasteiger partial charge >= 0.3 is 0 Å². The van der Waals surface area contributed by atoms with Crippen LogP contribution in [0.25, 0.3) is 0 Å². The van der Waals surface area contributed by atoms with Crippen LogP contribution >= 0.6 is 35.0 Å². The van der Waals surface area contributed by atoms with Crippen molar-refractivity contribution in [3.63, 3.8) is 0 Å². The van der Waals surface area contributed by atoms with Gasteiger partial charge in [-0.15, -0.1) is 11.8 Å². The molecule has 0 aromatic heterocycles. The smallest absolute Gasteiger partial charge is 0.234 e. The Bertz CT molecular complexity index is 651. The lowest BCUT2D eigenvalue weighted by Crippen LogP contribution is -2.14. The third kappa shape index (κ3) is 5.23. The maximum Gasteiger partial charge on any atom is 0.234 e. The van der Waals surface area contributed by atoms with Crippen LogP contribution in [-0.2, 0) is 10.5 Å². The van der Waals surface area contributed by atoms with Crippen molar-refractivity contribution >= 4 is 46.6 Å². The molecule has 0 aliphatic carbocycles. The van der Waals surface area contributed by atoms with Gasteiger partial charge in [0.05, 0.1) is 15.8 Å². The summed E-state index contributed by atoms with van der Waals surface area (Å²) < 4.78 is 13.0. The number of hydrogen-bond donors (Lipinski definition) is 1. The van der Waals surface area contributed by atoms with Crippen LogP contribution in [0.3, 0.4) is 0 Å². The third-order valence-electron chi connectivity index (χ3n) is 2.59. The van der Waals surface area contributed by atoms with Gasteiger partial charge in [0, 0.05) is 11.4 Å². The van der Waals surface area contributed by atoms with E-state index in [0.29, 0.717) is 21.5 Å². The zero-order valence-corrected chi connectivity index (χ0v) is 13.2. The molecule has 21 heavy (non-hydrogen) atoms. The highest BCUT2D eigenvalue weighted by Crippen LogP contribution is 2.24. The second-order valence-corrected chi connectivity index (χ2v) is 6.10. The minimum absolute atomic E-state index is 0.175. The van der Waals surface area contributed by atoms with Crippen LogP contribution in [0.2, 0.25) is 10.0 Å². The van der Waals surface area contributed by atoms with Crippen LogP contribution in [0.5, 0.6) is 0 Å². The Morgan fingerprint density at radius 1 is 1.14 bits per heavy atom. The number of nitrogens with one attached hydrogen (secondary N) is 1. The summed E-state index contributed by atoms with van der Waals surface area (Å²) in [7, 11) is 0. The number of anilines is 1. The van der Waals surface area contributed by atoms with Gasteiger partial charge in [-0.25, -0.2) is 4.39 Å². The summed E-state index contributed by atoms with van der Waals surface area (Å²) in [5.41, 5.74) is 1.45. The zero-order chi connectivity index (χ0) is 15.2. The fourth-order valence-corrected chi connectivity index (χ4v) is 2.75. The molecule has 2 rings (SSSR count). The lowest BCUT2D eigenvalue weighted by Gasteiger charge is -2.06. The van der Waals surface area contributed by atoms with E-state index >= 15 is 0 Å². The van der Waals surface area contributed by atoms with E-state index in [0.717, 1.165) is 5.56 Å². The van der Waals surface area contributed by atoms with Gasteiger partial charge in [-0.2, -0.15) is 0 Å². The lowest BCUT2D eigenvalue weighted by molar-refractivity contribution is -0.113. The second kappa shape index (κ2) is 7.69. The number of carbonyl (C=O) groups is 1. The number of halogens is 3. The third-order valence-corrected chi connectivity index (χ3v) is 4.34. The van der Waals surface area contributed by atoms with E-state index in [9.17, 15) is 9.18 Å². The number of hydrogen-bond acceptors (Lipinski definition) is 2. The Balaban J connectivity index is 1.80. The van der Waals surface area contributed by atoms with Crippen molar-refractivity contribution in [2.45, 2.75) is 5.75 Å². The highest BCUT2D eigenvalue weighted by Gasteiger charge is 2.05. The minimum atomic E-state index is -0.378. The molecule has 0 atom stereocenters. The van der Waals surface area contributed by atoms with Gasteiger partial charge in [0.15, 0.2) is 0 Å². The molecule has 110 valence electrons. The van der Waals surface area contributed by atoms with Crippen molar-refractivity contribution in [3.05, 3.63) is 63.9 Å². The molecule has 0 bridgehead atoms. The van der Waals surface area contributed by atoms with E-state index in [1.54, 1.807) is 24.3 Å². The molecule has 0 radical (unpaired) electrons. The molecule has 0 spiro atoms. The largest absolute Gasteiger partial charge is 0.325 e. The summed E-state index contributed by atoms with van der Waals surface area (Å²) in [5.74, 6) is 0.367. The van der Waals surface area contributed by atoms with Gasteiger partial charge < -0.3 is 5.32 Å². The highest BCUT2D eigenvalue weighted by molar-refractivity contribution is 7.99. The molecule has 2 aromatic carbocycles. The molecule has 2 nitrogen and oxygen atoms in total. The van der Waals surface area contributed by atoms with E-state index in [1.165, 1.54) is 23.9 Å². The van der Waals surface area contributed by atoms with E-state index in [-0.39, 0.29) is 17.5 Å². The summed E-state index contributed by atoms with van der Waals surface area (Å²) in [4.78, 5) is 11.7. The Kier molecular flexibility index (Phi) is 5.91. The average molecular weight is 344 g/mol. The molecule has 1 amide bonds. The Hall–Kier alpha value is -1.23. The summed E-state index contributed by atoms with van der Waals surface area (Å²) in [6, 6.07) is 11.2. The van der Waals surface area contributed by atoms with Crippen molar-refractivity contribution in [1.82, 2.24) is 0 Å². The molecular weight excluding hydrogens is 332 g/mol. The number of thioether (sulfide) groups is 1. The standard InChI is InChI=1S/C15H12Cl2FNOS/c16-13-5-4-10(6-14(13)17)8-21-9-15(20)19-12-3-1-2-11(18)7-12/h1-7H,8-9H2,(H,19,20). The molecule has 0 heterocycles. The lowest BCUT2D eigenvalue weighted by atomic mass is 10.2. The predicted octanol–water partition coefficient (Wildman–Crippen LogP) is 5.00. The SMILES string of the molecule is O=C(CSCc1ccc(Cl)c(Cl)c1)Nc1cccc(F)c1. The van der Waals surface area contributed by atoms with E-state index in [4.69, 9.17) is 23.2 Å². The summed E-state index contributed by atoms with van der Waals surface area (Å²) in [6.07, 6.45) is 0. The first-order valence-electron chi connectivity index (χ1n) is 6.11. The summed E-state index contributed by atoms with van der Waals surface area (Å²) in [5, 5.41) is 3.65. The average Bonchev–Trinajstić information content (AvgIpc) is 2.43. The molecule has 6 heteroatoms. The first-order valence-corrected chi connectivity index (χ1v) is 8.03. The first-order chi connectivity index (χ1) is 10.0. The Morgan fingerprint density at radius 3 is 2.67 bits per heavy atom. The molecular formula is C15H12Cl2FNOS. The normalized spacial score (nSPS) is 10.4. The second-order valence-electron chi connectivity index (χ2n) is 4.30. The van der Waals surface area contributed by atoms with E-state index in [1.807, 2.05) is 6.07 Å². The van der Waals surface area contributed by atoms with Crippen molar-refractivity contribution in [3.8, 4) is 0 Å². The highest BCUT2D eigenvalue weighted by atomic mass is 35.5. The number of amides is 1. The van der Waals surface area contributed by atoms with Crippen LogP contribution in [0.15, 0.2) is 42.5 Å². The van der Waals surface area contributed by atoms with Crippen LogP contribution in [0.1, 0.15) is 5.56 Å². The maximum atomic E-state index is 13.0. The van der Waals surface area contributed by atoms with Crippen LogP contribution in [0.4, 0.5) is 10.1 Å². The topological polar surface area (TPSA) is 29.1 Å². The molecule has 0 unspecified atom stereocenters. The number of benzene rings is 2. The van der Waals surface area contributed by atoms with Crippen molar-refractivity contribution in [2.24, 2.45) is 0 Å². The first kappa shape index (κ1) is 16.1. The van der Waals surface area contributed by atoms with Crippen molar-refractivity contribution < 1.29 is 9.18 Å². The fourth-order valence-electron chi connectivity index (χ4n) is 1.65. The maximum absolute atomic E-state index is 13.0. The van der Waals surface area contributed by atoms with Crippen molar-refractivity contribution in [1.29, 1.82) is 0 Å². The van der Waals surface area contributed by atoms with E-state index in [2.05, 4.69) is 5.32 Å². The van der Waals surface area contributed by atoms with Crippen LogP contribution in [-0.4, -0.2) is 11.7 Å². The zero-order valence-electron chi connectivity index (χ0n) is 10.9. The van der Waals surface area contributed by atoms with Crippen LogP contribution < -0.4 is 5.32 Å². The quantitative estimate of drug-likeness (QED) is 0.827. The van der Waals surface area contributed by atoms with Gasteiger partial charge in [0.2, 0.25) is 5.91 Å². The molecule has 0 saturated heterocycles. The molecule has 0 aliphatic heterocycles. The molecule has 0 aliphatic rings. The molecule has 2 aromatic rings. The van der Waals surface area contributed by atoms with Gasteiger partial charge in [-0.05, 0) is 35.9 Å². The van der Waals surface area contributed by atoms with Gasteiger partial charge in [0.25, 0.3) is 0 Å². The van der Waals surface area contributed by atoms with Crippen molar-refractivity contribution in [2.75, 3.05) is 11.1 Å². The summed E-state index contributed by atoms with van der Waals surface area (Å²) >= 11 is 13.2. The Morgan fingerprint density at radius 2 is 1.95 bits per heavy atom. The number of rotatable bonds is 5. The molecule has 0 fully saturated rings. The molecule has 0 saturated carbocycles. The van der Waals surface area contributed by atoms with Gasteiger partial charge in [-0.3, -0.25) is 4.79 Å². The Labute approximate surface area is 136 Å². The number of carbonyl (C=O) groups excluding carboxylic acids is 1. The van der Waals surface area contributed by atoms with Gasteiger partial charge in [0.1, 0.15) is 5.82 Å². The monoisotopic (exact) mass is 343 g/mol. The minimum Gasteiger partial charge on any atom is -0.325 e. The summed E-state index contributed by atoms with van der Waals surface area (Å²) in [6.45, 7) is 0. The van der Waals surface area contributed by atoms with Crippen LogP contribution in [0, 0.1) is 5.82 Å².